The van der Waals surface area contributed by atoms with E-state index in [1.54, 1.807) is 11.8 Å². The van der Waals surface area contributed by atoms with Gasteiger partial charge in [-0.3, -0.25) is 15.0 Å². The summed E-state index contributed by atoms with van der Waals surface area (Å²) < 4.78 is 39.2. The van der Waals surface area contributed by atoms with Gasteiger partial charge in [0.25, 0.3) is 0 Å². The molecular formula is C15H21FN4O4S. The van der Waals surface area contributed by atoms with Gasteiger partial charge in [-0.1, -0.05) is 0 Å². The molecule has 1 aromatic carbocycles. The molecule has 10 heteroatoms. The Hall–Kier alpha value is -2.04. The third-order valence-corrected chi connectivity index (χ3v) is 5.65. The third kappa shape index (κ3) is 5.21. The van der Waals surface area contributed by atoms with Crippen molar-refractivity contribution in [2.24, 2.45) is 0 Å². The fourth-order valence-electron chi connectivity index (χ4n) is 2.46. The first-order valence-electron chi connectivity index (χ1n) is 7.88. The van der Waals surface area contributed by atoms with E-state index in [-0.39, 0.29) is 24.5 Å². The second-order valence-electron chi connectivity index (χ2n) is 5.54. The number of nitrogens with one attached hydrogen (secondary N) is 2. The molecule has 0 spiro atoms. The fraction of sp³-hybridized carbons (Fsp3) is 0.467. The molecule has 3 amide bonds. The number of carbonyl (C=O) groups is 2. The summed E-state index contributed by atoms with van der Waals surface area (Å²) in [6.45, 7) is 3.33. The van der Waals surface area contributed by atoms with Crippen LogP contribution in [0.2, 0.25) is 0 Å². The first-order chi connectivity index (χ1) is 11.8. The fourth-order valence-corrected chi connectivity index (χ4v) is 3.88. The maximum atomic E-state index is 12.9. The lowest BCUT2D eigenvalue weighted by molar-refractivity contribution is -0.121. The first-order valence-corrected chi connectivity index (χ1v) is 9.32. The van der Waals surface area contributed by atoms with Crippen LogP contribution in [0.15, 0.2) is 29.2 Å². The summed E-state index contributed by atoms with van der Waals surface area (Å²) in [5.74, 6) is -0.942. The Morgan fingerprint density at radius 2 is 1.72 bits per heavy atom. The second-order valence-corrected chi connectivity index (χ2v) is 7.48. The largest absolute Gasteiger partial charge is 0.338 e. The van der Waals surface area contributed by atoms with E-state index in [2.05, 4.69) is 10.6 Å². The van der Waals surface area contributed by atoms with Crippen molar-refractivity contribution in [2.75, 3.05) is 39.3 Å². The molecule has 1 heterocycles. The smallest absolute Gasteiger partial charge is 0.321 e. The lowest BCUT2D eigenvalue weighted by Crippen LogP contribution is -2.52. The van der Waals surface area contributed by atoms with Crippen LogP contribution in [0.3, 0.4) is 0 Å². The molecule has 1 aliphatic rings. The van der Waals surface area contributed by atoms with Crippen LogP contribution in [0.1, 0.15) is 6.92 Å². The van der Waals surface area contributed by atoms with E-state index >= 15 is 0 Å². The maximum absolute atomic E-state index is 12.9. The number of amides is 3. The van der Waals surface area contributed by atoms with E-state index in [1.165, 1.54) is 16.4 Å². The number of carbonyl (C=O) groups excluding carboxylic acids is 2. The van der Waals surface area contributed by atoms with Crippen LogP contribution in [0.4, 0.5) is 9.18 Å². The highest BCUT2D eigenvalue weighted by molar-refractivity contribution is 7.89. The summed E-state index contributed by atoms with van der Waals surface area (Å²) in [5, 5.41) is 4.66. The lowest BCUT2D eigenvalue weighted by atomic mass is 10.3. The molecule has 8 nitrogen and oxygen atoms in total. The van der Waals surface area contributed by atoms with Gasteiger partial charge < -0.3 is 5.32 Å². The van der Waals surface area contributed by atoms with Gasteiger partial charge >= 0.3 is 6.03 Å². The van der Waals surface area contributed by atoms with Crippen LogP contribution in [0, 0.1) is 5.82 Å². The molecule has 1 fully saturated rings. The zero-order valence-corrected chi connectivity index (χ0v) is 14.7. The summed E-state index contributed by atoms with van der Waals surface area (Å²) in [6.07, 6.45) is 0. The SMILES string of the molecule is CCNC(=O)NC(=O)CN1CCN(S(=O)(=O)c2ccc(F)cc2)CC1. The summed E-state index contributed by atoms with van der Waals surface area (Å²) in [6, 6.07) is 4.13. The molecule has 0 radical (unpaired) electrons. The van der Waals surface area contributed by atoms with E-state index in [0.29, 0.717) is 19.6 Å². The number of rotatable bonds is 5. The van der Waals surface area contributed by atoms with Crippen LogP contribution >= 0.6 is 0 Å². The quantitative estimate of drug-likeness (QED) is 0.757. The molecule has 2 N–H and O–H groups in total. The van der Waals surface area contributed by atoms with Crippen LogP contribution < -0.4 is 10.6 Å². The number of hydrogen-bond donors (Lipinski definition) is 2. The Labute approximate surface area is 146 Å². The van der Waals surface area contributed by atoms with Crippen molar-refractivity contribution in [1.29, 1.82) is 0 Å². The van der Waals surface area contributed by atoms with Gasteiger partial charge in [-0.05, 0) is 31.2 Å². The van der Waals surface area contributed by atoms with Crippen molar-refractivity contribution in [1.82, 2.24) is 19.8 Å². The Kier molecular flexibility index (Phi) is 6.45. The minimum absolute atomic E-state index is 0.0154. The number of benzene rings is 1. The molecule has 0 aliphatic carbocycles. The summed E-state index contributed by atoms with van der Waals surface area (Å²) in [4.78, 5) is 24.8. The number of piperazine rings is 1. The van der Waals surface area contributed by atoms with Gasteiger partial charge in [0.05, 0.1) is 11.4 Å². The van der Waals surface area contributed by atoms with Crippen molar-refractivity contribution >= 4 is 22.0 Å². The van der Waals surface area contributed by atoms with Crippen molar-refractivity contribution in [3.8, 4) is 0 Å². The molecule has 1 aliphatic heterocycles. The Morgan fingerprint density at radius 3 is 2.28 bits per heavy atom. The highest BCUT2D eigenvalue weighted by Gasteiger charge is 2.29. The standard InChI is InChI=1S/C15H21FN4O4S/c1-2-17-15(22)18-14(21)11-19-7-9-20(10-8-19)25(23,24)13-5-3-12(16)4-6-13/h3-6H,2,7-11H2,1H3,(H2,17,18,21,22). The van der Waals surface area contributed by atoms with Crippen molar-refractivity contribution < 1.29 is 22.4 Å². The number of halogens is 1. The van der Waals surface area contributed by atoms with E-state index in [1.807, 2.05) is 0 Å². The minimum Gasteiger partial charge on any atom is -0.338 e. The number of imide groups is 1. The van der Waals surface area contributed by atoms with Crippen molar-refractivity contribution in [3.05, 3.63) is 30.1 Å². The van der Waals surface area contributed by atoms with Gasteiger partial charge in [-0.2, -0.15) is 4.31 Å². The third-order valence-electron chi connectivity index (χ3n) is 3.74. The van der Waals surface area contributed by atoms with Crippen LogP contribution in [-0.2, 0) is 14.8 Å². The molecule has 1 saturated heterocycles. The van der Waals surface area contributed by atoms with E-state index in [0.717, 1.165) is 12.1 Å². The second kappa shape index (κ2) is 8.37. The Bertz CT molecular complexity index is 716. The highest BCUT2D eigenvalue weighted by atomic mass is 32.2. The summed E-state index contributed by atoms with van der Waals surface area (Å²) >= 11 is 0. The molecule has 1 aromatic rings. The first kappa shape index (κ1) is 19.3. The molecule has 0 aromatic heterocycles. The molecule has 0 unspecified atom stereocenters. The Morgan fingerprint density at radius 1 is 1.12 bits per heavy atom. The number of urea groups is 1. The lowest BCUT2D eigenvalue weighted by Gasteiger charge is -2.33. The molecule has 0 saturated carbocycles. The molecular weight excluding hydrogens is 351 g/mol. The van der Waals surface area contributed by atoms with E-state index in [9.17, 15) is 22.4 Å². The van der Waals surface area contributed by atoms with E-state index < -0.39 is 27.8 Å². The van der Waals surface area contributed by atoms with Gasteiger partial charge in [0, 0.05) is 32.7 Å². The van der Waals surface area contributed by atoms with Gasteiger partial charge in [-0.25, -0.2) is 17.6 Å². The molecule has 0 bridgehead atoms. The van der Waals surface area contributed by atoms with Gasteiger partial charge in [0.1, 0.15) is 5.82 Å². The predicted octanol–water partition coefficient (Wildman–Crippen LogP) is -0.0223. The van der Waals surface area contributed by atoms with Crippen LogP contribution in [-0.4, -0.2) is 68.8 Å². The number of hydrogen-bond acceptors (Lipinski definition) is 5. The van der Waals surface area contributed by atoms with Gasteiger partial charge in [0.2, 0.25) is 15.9 Å². The molecule has 138 valence electrons. The predicted molar refractivity (Wildman–Crippen MR) is 88.8 cm³/mol. The zero-order chi connectivity index (χ0) is 18.4. The molecule has 0 atom stereocenters. The average Bonchev–Trinajstić information content (AvgIpc) is 2.55. The van der Waals surface area contributed by atoms with Gasteiger partial charge in [-0.15, -0.1) is 0 Å². The molecule has 25 heavy (non-hydrogen) atoms. The van der Waals surface area contributed by atoms with Crippen molar-refractivity contribution in [2.45, 2.75) is 11.8 Å². The van der Waals surface area contributed by atoms with Crippen LogP contribution in [0.25, 0.3) is 0 Å². The van der Waals surface area contributed by atoms with Crippen LogP contribution in [0.5, 0.6) is 0 Å². The monoisotopic (exact) mass is 372 g/mol. The maximum Gasteiger partial charge on any atom is 0.321 e. The minimum atomic E-state index is -3.68. The normalized spacial score (nSPS) is 16.4. The van der Waals surface area contributed by atoms with Gasteiger partial charge in [0.15, 0.2) is 0 Å². The highest BCUT2D eigenvalue weighted by Crippen LogP contribution is 2.17. The topological polar surface area (TPSA) is 98.8 Å². The summed E-state index contributed by atoms with van der Waals surface area (Å²) in [7, 11) is -3.68. The van der Waals surface area contributed by atoms with E-state index in [4.69, 9.17) is 0 Å². The number of nitrogens with zero attached hydrogens (tertiary/aromatic N) is 2. The Balaban J connectivity index is 1.87. The molecule has 2 rings (SSSR count). The van der Waals surface area contributed by atoms with Crippen molar-refractivity contribution in [3.63, 3.8) is 0 Å². The number of sulfonamides is 1. The zero-order valence-electron chi connectivity index (χ0n) is 13.9. The summed E-state index contributed by atoms with van der Waals surface area (Å²) in [5.41, 5.74) is 0. The average molecular weight is 372 g/mol.